The molecule has 0 bridgehead atoms. The second-order valence-corrected chi connectivity index (χ2v) is 8.10. The first-order valence-electron chi connectivity index (χ1n) is 9.98. The van der Waals surface area contributed by atoms with Gasteiger partial charge >= 0.3 is 0 Å². The Morgan fingerprint density at radius 3 is 2.78 bits per heavy atom. The number of hydrogen-bond acceptors (Lipinski definition) is 4. The lowest BCUT2D eigenvalue weighted by atomic mass is 10.1. The first kappa shape index (κ1) is 21.6. The number of H-pyrrole nitrogens is 1. The number of para-hydroxylation sites is 1. The minimum Gasteiger partial charge on any atom is -0.358 e. The fourth-order valence-corrected chi connectivity index (χ4v) is 4.17. The second kappa shape index (κ2) is 9.27. The first-order valence-corrected chi connectivity index (χ1v) is 10.9. The van der Waals surface area contributed by atoms with Crippen LogP contribution in [0, 0.1) is 18.6 Å². The maximum Gasteiger partial charge on any atom is 0.254 e. The van der Waals surface area contributed by atoms with Crippen LogP contribution in [-0.4, -0.2) is 28.3 Å². The topological polar surface area (TPSA) is 86.9 Å². The van der Waals surface area contributed by atoms with Crippen LogP contribution < -0.4 is 10.6 Å². The van der Waals surface area contributed by atoms with Crippen LogP contribution in [0.2, 0.25) is 0 Å². The van der Waals surface area contributed by atoms with E-state index in [0.717, 1.165) is 40.0 Å². The van der Waals surface area contributed by atoms with Crippen molar-refractivity contribution in [1.82, 2.24) is 15.3 Å². The molecule has 0 aliphatic rings. The number of rotatable bonds is 7. The van der Waals surface area contributed by atoms with Crippen LogP contribution in [0.5, 0.6) is 0 Å². The summed E-state index contributed by atoms with van der Waals surface area (Å²) >= 11 is 1.34. The zero-order chi connectivity index (χ0) is 22.7. The Morgan fingerprint density at radius 2 is 1.97 bits per heavy atom. The van der Waals surface area contributed by atoms with E-state index in [4.69, 9.17) is 0 Å². The molecule has 4 rings (SSSR count). The highest BCUT2D eigenvalue weighted by Gasteiger charge is 2.15. The predicted octanol–water partition coefficient (Wildman–Crippen LogP) is 5.03. The van der Waals surface area contributed by atoms with Gasteiger partial charge in [-0.25, -0.2) is 13.8 Å². The summed E-state index contributed by atoms with van der Waals surface area (Å²) in [5, 5.41) is 8.76. The maximum atomic E-state index is 13.6. The lowest BCUT2D eigenvalue weighted by Gasteiger charge is -2.06. The summed E-state index contributed by atoms with van der Waals surface area (Å²) in [7, 11) is 0. The number of halogens is 2. The number of nitrogens with one attached hydrogen (secondary N) is 3. The van der Waals surface area contributed by atoms with Gasteiger partial charge in [0.2, 0.25) is 5.91 Å². The molecule has 4 aromatic rings. The average Bonchev–Trinajstić information content (AvgIpc) is 3.33. The van der Waals surface area contributed by atoms with E-state index in [1.54, 1.807) is 0 Å². The van der Waals surface area contributed by atoms with Crippen molar-refractivity contribution in [2.24, 2.45) is 0 Å². The Morgan fingerprint density at radius 1 is 1.16 bits per heavy atom. The standard InChI is InChI=1S/C23H20F2N4O2S/c1-13-21(16-5-2-3-6-18(16)27-13)19-12-32-23(28-19)29-20(30)7-4-10-26-22(31)15-9-8-14(24)11-17(15)25/h2-3,5-6,8-9,11-12,27H,4,7,10H2,1H3,(H,26,31)(H,28,29,30). The molecule has 2 heterocycles. The fraction of sp³-hybridized carbons (Fsp3) is 0.174. The lowest BCUT2D eigenvalue weighted by Crippen LogP contribution is -2.26. The molecule has 2 aromatic carbocycles. The number of fused-ring (bicyclic) bond motifs is 1. The van der Waals surface area contributed by atoms with E-state index in [-0.39, 0.29) is 24.4 Å². The zero-order valence-corrected chi connectivity index (χ0v) is 18.0. The van der Waals surface area contributed by atoms with Crippen molar-refractivity contribution in [3.63, 3.8) is 0 Å². The number of benzene rings is 2. The van der Waals surface area contributed by atoms with Gasteiger partial charge in [-0.2, -0.15) is 0 Å². The first-order chi connectivity index (χ1) is 15.4. The number of thiazole rings is 1. The van der Waals surface area contributed by atoms with E-state index < -0.39 is 17.5 Å². The Hall–Kier alpha value is -3.59. The van der Waals surface area contributed by atoms with Gasteiger partial charge in [0.25, 0.3) is 5.91 Å². The highest BCUT2D eigenvalue weighted by Crippen LogP contribution is 2.33. The Kier molecular flexibility index (Phi) is 6.27. The largest absolute Gasteiger partial charge is 0.358 e. The summed E-state index contributed by atoms with van der Waals surface area (Å²) in [5.41, 5.74) is 3.59. The molecule has 164 valence electrons. The van der Waals surface area contributed by atoms with Gasteiger partial charge in [-0.1, -0.05) is 18.2 Å². The van der Waals surface area contributed by atoms with Crippen LogP contribution in [0.15, 0.2) is 47.8 Å². The van der Waals surface area contributed by atoms with Crippen LogP contribution >= 0.6 is 11.3 Å². The molecule has 32 heavy (non-hydrogen) atoms. The van der Waals surface area contributed by atoms with Crippen LogP contribution in [0.25, 0.3) is 22.2 Å². The van der Waals surface area contributed by atoms with Gasteiger partial charge in [-0.05, 0) is 31.5 Å². The van der Waals surface area contributed by atoms with Gasteiger partial charge < -0.3 is 15.6 Å². The zero-order valence-electron chi connectivity index (χ0n) is 17.2. The SMILES string of the molecule is Cc1[nH]c2ccccc2c1-c1csc(NC(=O)CCCNC(=O)c2ccc(F)cc2F)n1. The van der Waals surface area contributed by atoms with Gasteiger partial charge in [0, 0.05) is 46.6 Å². The number of aromatic nitrogens is 2. The van der Waals surface area contributed by atoms with Crippen molar-refractivity contribution in [3.05, 3.63) is 70.7 Å². The number of aryl methyl sites for hydroxylation is 1. The number of nitrogens with zero attached hydrogens (tertiary/aromatic N) is 1. The molecule has 0 radical (unpaired) electrons. The van der Waals surface area contributed by atoms with Crippen molar-refractivity contribution in [2.45, 2.75) is 19.8 Å². The quantitative estimate of drug-likeness (QED) is 0.343. The molecule has 0 unspecified atom stereocenters. The van der Waals surface area contributed by atoms with E-state index in [0.29, 0.717) is 17.6 Å². The van der Waals surface area contributed by atoms with Crippen LogP contribution in [-0.2, 0) is 4.79 Å². The Labute approximate surface area is 186 Å². The third kappa shape index (κ3) is 4.67. The molecule has 0 saturated heterocycles. The number of aromatic amines is 1. The Bertz CT molecular complexity index is 1300. The number of amides is 2. The van der Waals surface area contributed by atoms with Gasteiger partial charge in [0.15, 0.2) is 5.13 Å². The lowest BCUT2D eigenvalue weighted by molar-refractivity contribution is -0.116. The maximum absolute atomic E-state index is 13.6. The third-order valence-electron chi connectivity index (χ3n) is 4.94. The molecule has 2 aromatic heterocycles. The number of anilines is 1. The molecule has 3 N–H and O–H groups in total. The third-order valence-corrected chi connectivity index (χ3v) is 5.70. The van der Waals surface area contributed by atoms with E-state index >= 15 is 0 Å². The number of carbonyl (C=O) groups excluding carboxylic acids is 2. The van der Waals surface area contributed by atoms with E-state index in [1.165, 1.54) is 11.3 Å². The molecular formula is C23H20F2N4O2S. The second-order valence-electron chi connectivity index (χ2n) is 7.24. The highest BCUT2D eigenvalue weighted by atomic mass is 32.1. The molecule has 0 aliphatic carbocycles. The highest BCUT2D eigenvalue weighted by molar-refractivity contribution is 7.14. The van der Waals surface area contributed by atoms with Gasteiger partial charge in [-0.3, -0.25) is 9.59 Å². The normalized spacial score (nSPS) is 11.0. The summed E-state index contributed by atoms with van der Waals surface area (Å²) in [6.45, 7) is 2.17. The van der Waals surface area contributed by atoms with Gasteiger partial charge in [0.1, 0.15) is 11.6 Å². The molecule has 0 atom stereocenters. The molecule has 0 saturated carbocycles. The smallest absolute Gasteiger partial charge is 0.254 e. The summed E-state index contributed by atoms with van der Waals surface area (Å²) in [6.07, 6.45) is 0.521. The summed E-state index contributed by atoms with van der Waals surface area (Å²) in [5.74, 6) is -2.56. The van der Waals surface area contributed by atoms with E-state index in [2.05, 4.69) is 20.6 Å². The average molecular weight is 455 g/mol. The van der Waals surface area contributed by atoms with Crippen molar-refractivity contribution in [2.75, 3.05) is 11.9 Å². The summed E-state index contributed by atoms with van der Waals surface area (Å²) < 4.78 is 26.6. The van der Waals surface area contributed by atoms with E-state index in [1.807, 2.05) is 36.6 Å². The summed E-state index contributed by atoms with van der Waals surface area (Å²) in [4.78, 5) is 32.1. The van der Waals surface area contributed by atoms with E-state index in [9.17, 15) is 18.4 Å². The Balaban J connectivity index is 1.29. The summed E-state index contributed by atoms with van der Waals surface area (Å²) in [6, 6.07) is 10.7. The van der Waals surface area contributed by atoms with Crippen LogP contribution in [0.4, 0.5) is 13.9 Å². The monoisotopic (exact) mass is 454 g/mol. The molecule has 2 amide bonds. The minimum atomic E-state index is -0.926. The molecule has 0 fully saturated rings. The fourth-order valence-electron chi connectivity index (χ4n) is 3.45. The minimum absolute atomic E-state index is 0.160. The number of hydrogen-bond donors (Lipinski definition) is 3. The molecule has 9 heteroatoms. The molecular weight excluding hydrogens is 434 g/mol. The van der Waals surface area contributed by atoms with Crippen molar-refractivity contribution >= 4 is 39.2 Å². The molecule has 0 aliphatic heterocycles. The van der Waals surface area contributed by atoms with Crippen molar-refractivity contribution in [3.8, 4) is 11.3 Å². The number of carbonyl (C=O) groups is 2. The van der Waals surface area contributed by atoms with Crippen molar-refractivity contribution in [1.29, 1.82) is 0 Å². The van der Waals surface area contributed by atoms with Crippen LogP contribution in [0.1, 0.15) is 28.9 Å². The van der Waals surface area contributed by atoms with Gasteiger partial charge in [-0.15, -0.1) is 11.3 Å². The van der Waals surface area contributed by atoms with Crippen LogP contribution in [0.3, 0.4) is 0 Å². The predicted molar refractivity (Wildman–Crippen MR) is 121 cm³/mol. The molecule has 6 nitrogen and oxygen atoms in total. The van der Waals surface area contributed by atoms with Crippen molar-refractivity contribution < 1.29 is 18.4 Å². The van der Waals surface area contributed by atoms with Gasteiger partial charge in [0.05, 0.1) is 11.3 Å². The molecule has 0 spiro atoms.